The molecule has 0 aliphatic carbocycles. The average molecular weight is 293 g/mol. The van der Waals surface area contributed by atoms with Gasteiger partial charge in [-0.25, -0.2) is 9.78 Å². The first-order valence-corrected chi connectivity index (χ1v) is 6.97. The Morgan fingerprint density at radius 2 is 1.95 bits per heavy atom. The molecule has 0 unspecified atom stereocenters. The van der Waals surface area contributed by atoms with Gasteiger partial charge in [0.15, 0.2) is 0 Å². The summed E-state index contributed by atoms with van der Waals surface area (Å²) in [7, 11) is 0. The Hall–Kier alpha value is -2.95. The molecular weight excluding hydrogens is 278 g/mol. The van der Waals surface area contributed by atoms with Gasteiger partial charge in [0.2, 0.25) is 0 Å². The third-order valence-electron chi connectivity index (χ3n) is 3.25. The SMILES string of the molecule is O=C(OCCc1cccnc1)c1ccc(-n2ccnc2)cc1. The Kier molecular flexibility index (Phi) is 4.25. The molecule has 0 radical (unpaired) electrons. The standard InChI is InChI=1S/C17H15N3O2/c21-17(22-11-7-14-2-1-8-18-12-14)15-3-5-16(6-4-15)20-10-9-19-13-20/h1-6,8-10,12-13H,7,11H2. The van der Waals surface area contributed by atoms with Gasteiger partial charge in [0.05, 0.1) is 18.5 Å². The van der Waals surface area contributed by atoms with Crippen molar-refractivity contribution in [2.45, 2.75) is 6.42 Å². The monoisotopic (exact) mass is 293 g/mol. The molecule has 0 spiro atoms. The number of pyridine rings is 1. The highest BCUT2D eigenvalue weighted by molar-refractivity contribution is 5.89. The predicted molar refractivity (Wildman–Crippen MR) is 81.8 cm³/mol. The smallest absolute Gasteiger partial charge is 0.338 e. The van der Waals surface area contributed by atoms with Crippen LogP contribution in [0.2, 0.25) is 0 Å². The summed E-state index contributed by atoms with van der Waals surface area (Å²) in [5.74, 6) is -0.318. The van der Waals surface area contributed by atoms with Crippen LogP contribution in [0.4, 0.5) is 0 Å². The van der Waals surface area contributed by atoms with Crippen molar-refractivity contribution in [2.75, 3.05) is 6.61 Å². The van der Waals surface area contributed by atoms with E-state index >= 15 is 0 Å². The molecule has 0 N–H and O–H groups in total. The first kappa shape index (κ1) is 14.0. The average Bonchev–Trinajstić information content (AvgIpc) is 3.10. The van der Waals surface area contributed by atoms with Crippen molar-refractivity contribution in [1.82, 2.24) is 14.5 Å². The summed E-state index contributed by atoms with van der Waals surface area (Å²) in [4.78, 5) is 20.0. The van der Waals surface area contributed by atoms with Gasteiger partial charge >= 0.3 is 5.97 Å². The molecule has 0 aliphatic rings. The number of imidazole rings is 1. The van der Waals surface area contributed by atoms with Crippen molar-refractivity contribution in [2.24, 2.45) is 0 Å². The summed E-state index contributed by atoms with van der Waals surface area (Å²) < 4.78 is 7.15. The highest BCUT2D eigenvalue weighted by Gasteiger charge is 2.07. The lowest BCUT2D eigenvalue weighted by atomic mass is 10.2. The molecule has 5 nitrogen and oxygen atoms in total. The minimum Gasteiger partial charge on any atom is -0.462 e. The van der Waals surface area contributed by atoms with E-state index in [1.54, 1.807) is 37.1 Å². The number of nitrogens with zero attached hydrogens (tertiary/aromatic N) is 3. The fourth-order valence-corrected chi connectivity index (χ4v) is 2.07. The Morgan fingerprint density at radius 3 is 2.64 bits per heavy atom. The Labute approximate surface area is 128 Å². The lowest BCUT2D eigenvalue weighted by Crippen LogP contribution is -2.08. The van der Waals surface area contributed by atoms with Gasteiger partial charge in [-0.1, -0.05) is 6.07 Å². The molecule has 0 amide bonds. The molecule has 22 heavy (non-hydrogen) atoms. The highest BCUT2D eigenvalue weighted by Crippen LogP contribution is 2.10. The topological polar surface area (TPSA) is 57.0 Å². The van der Waals surface area contributed by atoms with Crippen LogP contribution in [0.3, 0.4) is 0 Å². The van der Waals surface area contributed by atoms with Crippen LogP contribution in [0.1, 0.15) is 15.9 Å². The van der Waals surface area contributed by atoms with Gasteiger partial charge in [-0.3, -0.25) is 4.98 Å². The molecule has 0 atom stereocenters. The predicted octanol–water partition coefficient (Wildman–Crippen LogP) is 2.67. The zero-order valence-electron chi connectivity index (χ0n) is 11.9. The molecule has 1 aromatic carbocycles. The number of benzene rings is 1. The Balaban J connectivity index is 1.56. The summed E-state index contributed by atoms with van der Waals surface area (Å²) in [5.41, 5.74) is 2.53. The maximum Gasteiger partial charge on any atom is 0.338 e. The van der Waals surface area contributed by atoms with Crippen molar-refractivity contribution < 1.29 is 9.53 Å². The number of hydrogen-bond acceptors (Lipinski definition) is 4. The van der Waals surface area contributed by atoms with E-state index in [2.05, 4.69) is 9.97 Å². The van der Waals surface area contributed by atoms with E-state index in [0.29, 0.717) is 18.6 Å². The van der Waals surface area contributed by atoms with Gasteiger partial charge in [0, 0.05) is 36.9 Å². The molecule has 0 bridgehead atoms. The molecule has 0 aliphatic heterocycles. The number of carbonyl (C=O) groups excluding carboxylic acids is 1. The van der Waals surface area contributed by atoms with Gasteiger partial charge in [-0.05, 0) is 35.9 Å². The maximum absolute atomic E-state index is 12.0. The minimum atomic E-state index is -0.318. The van der Waals surface area contributed by atoms with Crippen molar-refractivity contribution in [3.8, 4) is 5.69 Å². The normalized spacial score (nSPS) is 10.4. The van der Waals surface area contributed by atoms with Crippen molar-refractivity contribution in [3.63, 3.8) is 0 Å². The second kappa shape index (κ2) is 6.67. The fraction of sp³-hybridized carbons (Fsp3) is 0.118. The Bertz CT molecular complexity index is 722. The van der Waals surface area contributed by atoms with Crippen LogP contribution < -0.4 is 0 Å². The van der Waals surface area contributed by atoms with Crippen LogP contribution in [-0.2, 0) is 11.2 Å². The van der Waals surface area contributed by atoms with Crippen molar-refractivity contribution in [3.05, 3.63) is 78.6 Å². The minimum absolute atomic E-state index is 0.318. The maximum atomic E-state index is 12.0. The van der Waals surface area contributed by atoms with E-state index in [0.717, 1.165) is 11.3 Å². The highest BCUT2D eigenvalue weighted by atomic mass is 16.5. The number of esters is 1. The van der Waals surface area contributed by atoms with E-state index in [-0.39, 0.29) is 5.97 Å². The molecule has 0 fully saturated rings. The van der Waals surface area contributed by atoms with Gasteiger partial charge in [0.1, 0.15) is 0 Å². The van der Waals surface area contributed by atoms with Gasteiger partial charge in [0.25, 0.3) is 0 Å². The molecule has 0 saturated carbocycles. The largest absolute Gasteiger partial charge is 0.462 e. The first-order chi connectivity index (χ1) is 10.8. The zero-order valence-corrected chi connectivity index (χ0v) is 11.9. The van der Waals surface area contributed by atoms with E-state index in [4.69, 9.17) is 4.74 Å². The van der Waals surface area contributed by atoms with Crippen LogP contribution in [0.5, 0.6) is 0 Å². The molecular formula is C17H15N3O2. The van der Waals surface area contributed by atoms with E-state index in [1.165, 1.54) is 0 Å². The van der Waals surface area contributed by atoms with Crippen LogP contribution in [0.15, 0.2) is 67.5 Å². The number of ether oxygens (including phenoxy) is 1. The second-order valence-electron chi connectivity index (χ2n) is 4.76. The number of carbonyl (C=O) groups is 1. The van der Waals surface area contributed by atoms with Crippen molar-refractivity contribution >= 4 is 5.97 Å². The summed E-state index contributed by atoms with van der Waals surface area (Å²) in [5, 5.41) is 0. The third-order valence-corrected chi connectivity index (χ3v) is 3.25. The summed E-state index contributed by atoms with van der Waals surface area (Å²) >= 11 is 0. The molecule has 0 saturated heterocycles. The molecule has 2 heterocycles. The second-order valence-corrected chi connectivity index (χ2v) is 4.76. The zero-order chi connectivity index (χ0) is 15.2. The van der Waals surface area contributed by atoms with E-state index in [1.807, 2.05) is 35.0 Å². The molecule has 3 rings (SSSR count). The van der Waals surface area contributed by atoms with E-state index in [9.17, 15) is 4.79 Å². The number of hydrogen-bond donors (Lipinski definition) is 0. The van der Waals surface area contributed by atoms with Crippen LogP contribution in [0, 0.1) is 0 Å². The van der Waals surface area contributed by atoms with Gasteiger partial charge in [-0.15, -0.1) is 0 Å². The lowest BCUT2D eigenvalue weighted by molar-refractivity contribution is 0.0509. The number of aromatic nitrogens is 3. The molecule has 3 aromatic rings. The lowest BCUT2D eigenvalue weighted by Gasteiger charge is -2.06. The molecule has 5 heteroatoms. The quantitative estimate of drug-likeness (QED) is 0.679. The van der Waals surface area contributed by atoms with Crippen molar-refractivity contribution in [1.29, 1.82) is 0 Å². The van der Waals surface area contributed by atoms with E-state index < -0.39 is 0 Å². The van der Waals surface area contributed by atoms with Crippen LogP contribution >= 0.6 is 0 Å². The molecule has 2 aromatic heterocycles. The first-order valence-electron chi connectivity index (χ1n) is 6.97. The van der Waals surface area contributed by atoms with Gasteiger partial charge < -0.3 is 9.30 Å². The summed E-state index contributed by atoms with van der Waals surface area (Å²) in [6.07, 6.45) is 9.42. The van der Waals surface area contributed by atoms with Crippen LogP contribution in [-0.4, -0.2) is 27.1 Å². The van der Waals surface area contributed by atoms with Gasteiger partial charge in [-0.2, -0.15) is 0 Å². The van der Waals surface area contributed by atoms with Crippen LogP contribution in [0.25, 0.3) is 5.69 Å². The fourth-order valence-electron chi connectivity index (χ4n) is 2.07. The third kappa shape index (κ3) is 3.38. The molecule has 110 valence electrons. The summed E-state index contributed by atoms with van der Waals surface area (Å²) in [6.45, 7) is 0.341. The summed E-state index contributed by atoms with van der Waals surface area (Å²) in [6, 6.07) is 11.1. The number of rotatable bonds is 5. The Morgan fingerprint density at radius 1 is 1.09 bits per heavy atom.